The largest absolute Gasteiger partial charge is 0.374 e. The van der Waals surface area contributed by atoms with Gasteiger partial charge in [0, 0.05) is 6.61 Å². The third-order valence-electron chi connectivity index (χ3n) is 1.67. The first-order valence-corrected chi connectivity index (χ1v) is 4.59. The van der Waals surface area contributed by atoms with Crippen molar-refractivity contribution in [2.45, 2.75) is 45.6 Å². The first-order valence-electron chi connectivity index (χ1n) is 4.59. The van der Waals surface area contributed by atoms with E-state index in [2.05, 4.69) is 20.4 Å². The summed E-state index contributed by atoms with van der Waals surface area (Å²) in [6, 6.07) is 0. The summed E-state index contributed by atoms with van der Waals surface area (Å²) >= 11 is 0. The van der Waals surface area contributed by atoms with Gasteiger partial charge >= 0.3 is 0 Å². The second kappa shape index (κ2) is 7.80. The predicted octanol–water partition coefficient (Wildman–Crippen LogP) is 3.16. The van der Waals surface area contributed by atoms with E-state index in [-0.39, 0.29) is 6.10 Å². The third kappa shape index (κ3) is 6.11. The Balaban J connectivity index is 3.28. The Morgan fingerprint density at radius 3 is 2.55 bits per heavy atom. The molecule has 1 unspecified atom stereocenters. The van der Waals surface area contributed by atoms with Crippen LogP contribution in [0.15, 0.2) is 12.7 Å². The molecular weight excluding hydrogens is 136 g/mol. The van der Waals surface area contributed by atoms with Gasteiger partial charge in [-0.2, -0.15) is 0 Å². The summed E-state index contributed by atoms with van der Waals surface area (Å²) < 4.78 is 5.55. The molecule has 0 radical (unpaired) electrons. The molecular formula is C10H20O. The van der Waals surface area contributed by atoms with Crippen LogP contribution in [0.4, 0.5) is 0 Å². The van der Waals surface area contributed by atoms with Gasteiger partial charge in [0.2, 0.25) is 0 Å². The molecule has 0 aromatic rings. The van der Waals surface area contributed by atoms with E-state index in [1.807, 2.05) is 6.08 Å². The summed E-state index contributed by atoms with van der Waals surface area (Å²) in [7, 11) is 0. The van der Waals surface area contributed by atoms with E-state index in [0.717, 1.165) is 19.4 Å². The van der Waals surface area contributed by atoms with Crippen molar-refractivity contribution in [3.63, 3.8) is 0 Å². The number of rotatable bonds is 7. The SMILES string of the molecule is C=CC(CCC)OCCCC. The summed E-state index contributed by atoms with van der Waals surface area (Å²) in [4.78, 5) is 0. The Morgan fingerprint density at radius 2 is 2.09 bits per heavy atom. The maximum atomic E-state index is 5.55. The lowest BCUT2D eigenvalue weighted by molar-refractivity contribution is 0.0770. The smallest absolute Gasteiger partial charge is 0.0753 e. The topological polar surface area (TPSA) is 9.23 Å². The maximum absolute atomic E-state index is 5.55. The van der Waals surface area contributed by atoms with Gasteiger partial charge in [0.1, 0.15) is 0 Å². The number of hydrogen-bond acceptors (Lipinski definition) is 1. The van der Waals surface area contributed by atoms with E-state index >= 15 is 0 Å². The molecule has 0 saturated heterocycles. The minimum Gasteiger partial charge on any atom is -0.374 e. The average molecular weight is 156 g/mol. The summed E-state index contributed by atoms with van der Waals surface area (Å²) in [6.07, 6.45) is 6.82. The van der Waals surface area contributed by atoms with E-state index in [0.29, 0.717) is 0 Å². The lowest BCUT2D eigenvalue weighted by Crippen LogP contribution is -2.09. The molecule has 0 fully saturated rings. The standard InChI is InChI=1S/C10H20O/c1-4-7-9-11-10(6-3)8-5-2/h6,10H,3-5,7-9H2,1-2H3. The van der Waals surface area contributed by atoms with Gasteiger partial charge < -0.3 is 4.74 Å². The summed E-state index contributed by atoms with van der Waals surface area (Å²) in [6.45, 7) is 8.95. The predicted molar refractivity (Wildman–Crippen MR) is 49.8 cm³/mol. The first kappa shape index (κ1) is 10.7. The fourth-order valence-corrected chi connectivity index (χ4v) is 0.933. The highest BCUT2D eigenvalue weighted by molar-refractivity contribution is 4.79. The van der Waals surface area contributed by atoms with Gasteiger partial charge in [0.25, 0.3) is 0 Å². The molecule has 1 nitrogen and oxygen atoms in total. The molecule has 0 aromatic carbocycles. The molecule has 0 spiro atoms. The maximum Gasteiger partial charge on any atom is 0.0753 e. The van der Waals surface area contributed by atoms with E-state index in [1.165, 1.54) is 12.8 Å². The van der Waals surface area contributed by atoms with Crippen LogP contribution in [0.3, 0.4) is 0 Å². The van der Waals surface area contributed by atoms with E-state index in [4.69, 9.17) is 4.74 Å². The molecule has 0 amide bonds. The monoisotopic (exact) mass is 156 g/mol. The summed E-state index contributed by atoms with van der Waals surface area (Å²) in [5, 5.41) is 0. The van der Waals surface area contributed by atoms with Gasteiger partial charge in [0.15, 0.2) is 0 Å². The van der Waals surface area contributed by atoms with Crippen molar-refractivity contribution in [1.29, 1.82) is 0 Å². The van der Waals surface area contributed by atoms with Crippen molar-refractivity contribution in [3.8, 4) is 0 Å². The van der Waals surface area contributed by atoms with Crippen LogP contribution >= 0.6 is 0 Å². The van der Waals surface area contributed by atoms with Gasteiger partial charge in [-0.05, 0) is 12.8 Å². The fourth-order valence-electron chi connectivity index (χ4n) is 0.933. The Morgan fingerprint density at radius 1 is 1.36 bits per heavy atom. The fraction of sp³-hybridized carbons (Fsp3) is 0.800. The van der Waals surface area contributed by atoms with E-state index in [9.17, 15) is 0 Å². The van der Waals surface area contributed by atoms with Gasteiger partial charge in [-0.25, -0.2) is 0 Å². The van der Waals surface area contributed by atoms with Crippen LogP contribution in [0.5, 0.6) is 0 Å². The Hall–Kier alpha value is -0.300. The zero-order valence-corrected chi connectivity index (χ0v) is 7.81. The molecule has 0 saturated carbocycles. The van der Waals surface area contributed by atoms with Crippen LogP contribution in [0.25, 0.3) is 0 Å². The van der Waals surface area contributed by atoms with E-state index < -0.39 is 0 Å². The second-order valence-corrected chi connectivity index (χ2v) is 2.79. The Labute approximate surface area is 70.4 Å². The minimum absolute atomic E-state index is 0.284. The van der Waals surface area contributed by atoms with Crippen LogP contribution in [-0.4, -0.2) is 12.7 Å². The van der Waals surface area contributed by atoms with Crippen molar-refractivity contribution < 1.29 is 4.74 Å². The van der Waals surface area contributed by atoms with E-state index in [1.54, 1.807) is 0 Å². The molecule has 0 heterocycles. The molecule has 11 heavy (non-hydrogen) atoms. The normalized spacial score (nSPS) is 12.9. The number of unbranched alkanes of at least 4 members (excludes halogenated alkanes) is 1. The Kier molecular flexibility index (Phi) is 7.59. The second-order valence-electron chi connectivity index (χ2n) is 2.79. The molecule has 0 bridgehead atoms. The van der Waals surface area contributed by atoms with Crippen molar-refractivity contribution in [1.82, 2.24) is 0 Å². The molecule has 0 rings (SSSR count). The highest BCUT2D eigenvalue weighted by Gasteiger charge is 2.00. The highest BCUT2D eigenvalue weighted by atomic mass is 16.5. The zero-order valence-electron chi connectivity index (χ0n) is 7.81. The van der Waals surface area contributed by atoms with Crippen LogP contribution in [0, 0.1) is 0 Å². The van der Waals surface area contributed by atoms with Crippen molar-refractivity contribution in [2.75, 3.05) is 6.61 Å². The lowest BCUT2D eigenvalue weighted by Gasteiger charge is -2.11. The van der Waals surface area contributed by atoms with Crippen molar-refractivity contribution in [3.05, 3.63) is 12.7 Å². The highest BCUT2D eigenvalue weighted by Crippen LogP contribution is 2.03. The van der Waals surface area contributed by atoms with Crippen LogP contribution < -0.4 is 0 Å². The quantitative estimate of drug-likeness (QED) is 0.406. The summed E-state index contributed by atoms with van der Waals surface area (Å²) in [5.41, 5.74) is 0. The van der Waals surface area contributed by atoms with Crippen LogP contribution in [0.1, 0.15) is 39.5 Å². The molecule has 1 atom stereocenters. The zero-order chi connectivity index (χ0) is 8.53. The van der Waals surface area contributed by atoms with Crippen molar-refractivity contribution in [2.24, 2.45) is 0 Å². The van der Waals surface area contributed by atoms with Crippen LogP contribution in [0.2, 0.25) is 0 Å². The van der Waals surface area contributed by atoms with Crippen LogP contribution in [-0.2, 0) is 4.74 Å². The lowest BCUT2D eigenvalue weighted by atomic mass is 10.2. The van der Waals surface area contributed by atoms with Crippen molar-refractivity contribution >= 4 is 0 Å². The molecule has 0 aliphatic carbocycles. The van der Waals surface area contributed by atoms with Gasteiger partial charge in [-0.3, -0.25) is 0 Å². The van der Waals surface area contributed by atoms with Gasteiger partial charge in [0.05, 0.1) is 6.10 Å². The summed E-state index contributed by atoms with van der Waals surface area (Å²) in [5.74, 6) is 0. The molecule has 1 heteroatoms. The Bertz CT molecular complexity index is 88.9. The molecule has 66 valence electrons. The number of hydrogen-bond donors (Lipinski definition) is 0. The van der Waals surface area contributed by atoms with Gasteiger partial charge in [-0.15, -0.1) is 6.58 Å². The van der Waals surface area contributed by atoms with Gasteiger partial charge in [-0.1, -0.05) is 32.8 Å². The molecule has 0 aliphatic heterocycles. The first-order chi connectivity index (χ1) is 5.35. The molecule has 0 aliphatic rings. The minimum atomic E-state index is 0.284. The average Bonchev–Trinajstić information content (AvgIpc) is 2.03. The molecule has 0 aromatic heterocycles. The third-order valence-corrected chi connectivity index (χ3v) is 1.67. The number of ether oxygens (including phenoxy) is 1. The molecule has 0 N–H and O–H groups in total.